The van der Waals surface area contributed by atoms with Gasteiger partial charge in [0.25, 0.3) is 0 Å². The fraction of sp³-hybridized carbons (Fsp3) is 0.500. The van der Waals surface area contributed by atoms with Gasteiger partial charge in [0.15, 0.2) is 0 Å². The van der Waals surface area contributed by atoms with Gasteiger partial charge in [-0.25, -0.2) is 8.42 Å². The van der Waals surface area contributed by atoms with Crippen molar-refractivity contribution in [1.82, 2.24) is 19.1 Å². The number of rotatable bonds is 8. The number of morpholine rings is 1. The molecule has 12 heteroatoms. The highest BCUT2D eigenvalue weighted by Gasteiger charge is 2.36. The zero-order chi connectivity index (χ0) is 25.7. The molecule has 2 aliphatic rings. The second-order valence-electron chi connectivity index (χ2n) is 8.91. The Labute approximate surface area is 221 Å². The van der Waals surface area contributed by atoms with Crippen molar-refractivity contribution < 1.29 is 22.7 Å². The van der Waals surface area contributed by atoms with Crippen LogP contribution in [0.1, 0.15) is 11.1 Å². The first kappa shape index (κ1) is 27.3. The minimum Gasteiger partial charge on any atom is -0.378 e. The fourth-order valence-corrected chi connectivity index (χ4v) is 7.22. The first-order valence-electron chi connectivity index (χ1n) is 11.8. The molecule has 0 spiro atoms. The number of piperazine rings is 1. The monoisotopic (exact) mass is 556 g/mol. The highest BCUT2D eigenvalue weighted by Crippen LogP contribution is 2.32. The summed E-state index contributed by atoms with van der Waals surface area (Å²) in [4.78, 5) is 20.9. The lowest BCUT2D eigenvalue weighted by Gasteiger charge is -2.36. The first-order chi connectivity index (χ1) is 17.3. The highest BCUT2D eigenvalue weighted by atomic mass is 35.5. The number of hydrogen-bond donors (Lipinski definition) is 0. The maximum Gasteiger partial charge on any atom is 0.248 e. The van der Waals surface area contributed by atoms with Crippen molar-refractivity contribution in [2.24, 2.45) is 0 Å². The summed E-state index contributed by atoms with van der Waals surface area (Å²) < 4.78 is 39.5. The van der Waals surface area contributed by atoms with Crippen LogP contribution >= 0.6 is 23.2 Å². The van der Waals surface area contributed by atoms with Gasteiger partial charge in [-0.15, -0.1) is 0 Å². The van der Waals surface area contributed by atoms with Crippen molar-refractivity contribution in [1.29, 1.82) is 0 Å². The molecular weight excluding hydrogens is 527 g/mol. The smallest absolute Gasteiger partial charge is 0.248 e. The van der Waals surface area contributed by atoms with Crippen LogP contribution in [0.15, 0.2) is 41.6 Å². The van der Waals surface area contributed by atoms with Crippen LogP contribution in [-0.2, 0) is 30.8 Å². The second-order valence-corrected chi connectivity index (χ2v) is 11.6. The minimum atomic E-state index is -3.92. The Morgan fingerprint density at radius 3 is 2.67 bits per heavy atom. The number of aromatic nitrogens is 1. The molecule has 0 bridgehead atoms. The molecular formula is C24H30Cl2N4O5S. The van der Waals surface area contributed by atoms with Gasteiger partial charge < -0.3 is 14.4 Å². The van der Waals surface area contributed by atoms with E-state index in [-0.39, 0.29) is 48.8 Å². The van der Waals surface area contributed by atoms with Crippen molar-refractivity contribution in [2.75, 3.05) is 59.2 Å². The molecule has 1 aromatic heterocycles. The number of pyridine rings is 1. The lowest BCUT2D eigenvalue weighted by atomic mass is 10.2. The lowest BCUT2D eigenvalue weighted by Crippen LogP contribution is -2.52. The Balaban J connectivity index is 1.30. The number of ether oxygens (including phenoxy) is 2. The lowest BCUT2D eigenvalue weighted by molar-refractivity contribution is -0.139. The Morgan fingerprint density at radius 1 is 1.19 bits per heavy atom. The fourth-order valence-electron chi connectivity index (χ4n) is 4.50. The van der Waals surface area contributed by atoms with Crippen LogP contribution in [0, 0.1) is 6.92 Å². The van der Waals surface area contributed by atoms with Crippen LogP contribution in [0.3, 0.4) is 0 Å². The number of nitrogens with zero attached hydrogens (tertiary/aromatic N) is 4. The number of carbonyl (C=O) groups excluding carboxylic acids is 1. The Kier molecular flexibility index (Phi) is 9.21. The molecule has 0 aliphatic carbocycles. The number of aryl methyl sites for hydroxylation is 1. The van der Waals surface area contributed by atoms with E-state index in [1.165, 1.54) is 10.4 Å². The van der Waals surface area contributed by atoms with Crippen LogP contribution in [0.4, 0.5) is 0 Å². The van der Waals surface area contributed by atoms with Gasteiger partial charge in [-0.05, 0) is 36.2 Å². The van der Waals surface area contributed by atoms with E-state index >= 15 is 0 Å². The van der Waals surface area contributed by atoms with E-state index in [4.69, 9.17) is 32.7 Å². The predicted octanol–water partition coefficient (Wildman–Crippen LogP) is 2.45. The number of carbonyl (C=O) groups is 1. The van der Waals surface area contributed by atoms with Gasteiger partial charge in [-0.3, -0.25) is 14.7 Å². The van der Waals surface area contributed by atoms with Crippen LogP contribution in [0.5, 0.6) is 0 Å². The SMILES string of the molecule is Cc1cc(Cl)cc(Cl)c1S(=O)(=O)N1CCOC[C@H]1COCC(=O)N1CCN(Cc2cccnc2)CC1. The number of halogens is 2. The molecule has 36 heavy (non-hydrogen) atoms. The van der Waals surface area contributed by atoms with E-state index in [0.717, 1.165) is 25.2 Å². The molecule has 0 N–H and O–H groups in total. The molecule has 2 aromatic rings. The van der Waals surface area contributed by atoms with Gasteiger partial charge in [-0.1, -0.05) is 29.3 Å². The van der Waals surface area contributed by atoms with Crippen LogP contribution in [-0.4, -0.2) is 98.6 Å². The zero-order valence-electron chi connectivity index (χ0n) is 20.1. The van der Waals surface area contributed by atoms with E-state index in [9.17, 15) is 13.2 Å². The summed E-state index contributed by atoms with van der Waals surface area (Å²) in [5.74, 6) is -0.112. The van der Waals surface area contributed by atoms with Crippen molar-refractivity contribution >= 4 is 39.1 Å². The Morgan fingerprint density at radius 2 is 1.97 bits per heavy atom. The van der Waals surface area contributed by atoms with Crippen LogP contribution in [0.25, 0.3) is 0 Å². The largest absolute Gasteiger partial charge is 0.378 e. The highest BCUT2D eigenvalue weighted by molar-refractivity contribution is 7.89. The zero-order valence-corrected chi connectivity index (χ0v) is 22.4. The topological polar surface area (TPSA) is 92.3 Å². The maximum absolute atomic E-state index is 13.5. The molecule has 1 amide bonds. The molecule has 0 unspecified atom stereocenters. The first-order valence-corrected chi connectivity index (χ1v) is 14.0. The Bertz CT molecular complexity index is 1140. The molecule has 2 fully saturated rings. The second kappa shape index (κ2) is 12.2. The molecule has 2 aliphatic heterocycles. The summed E-state index contributed by atoms with van der Waals surface area (Å²) in [5.41, 5.74) is 1.61. The summed E-state index contributed by atoms with van der Waals surface area (Å²) in [6.07, 6.45) is 3.61. The van der Waals surface area contributed by atoms with Crippen molar-refractivity contribution in [3.05, 3.63) is 57.8 Å². The molecule has 2 saturated heterocycles. The number of sulfonamides is 1. The van der Waals surface area contributed by atoms with Gasteiger partial charge in [0.1, 0.15) is 11.5 Å². The molecule has 0 saturated carbocycles. The summed E-state index contributed by atoms with van der Waals surface area (Å²) >= 11 is 12.3. The molecule has 3 heterocycles. The number of hydrogen-bond acceptors (Lipinski definition) is 7. The van der Waals surface area contributed by atoms with Crippen LogP contribution in [0.2, 0.25) is 10.0 Å². The van der Waals surface area contributed by atoms with E-state index in [1.807, 2.05) is 18.3 Å². The summed E-state index contributed by atoms with van der Waals surface area (Å²) in [5, 5.41) is 0.443. The molecule has 196 valence electrons. The summed E-state index contributed by atoms with van der Waals surface area (Å²) in [6.45, 7) is 5.75. The molecule has 9 nitrogen and oxygen atoms in total. The van der Waals surface area contributed by atoms with Crippen molar-refractivity contribution in [3.8, 4) is 0 Å². The molecule has 1 aromatic carbocycles. The van der Waals surface area contributed by atoms with Crippen molar-refractivity contribution in [3.63, 3.8) is 0 Å². The van der Waals surface area contributed by atoms with E-state index < -0.39 is 16.1 Å². The third kappa shape index (κ3) is 6.55. The Hall–Kier alpha value is -1.79. The third-order valence-electron chi connectivity index (χ3n) is 6.32. The minimum absolute atomic E-state index is 0.0284. The quantitative estimate of drug-likeness (QED) is 0.493. The van der Waals surface area contributed by atoms with Gasteiger partial charge in [0.2, 0.25) is 15.9 Å². The van der Waals surface area contributed by atoms with Gasteiger partial charge in [0.05, 0.1) is 30.9 Å². The summed E-state index contributed by atoms with van der Waals surface area (Å²) in [7, 11) is -3.92. The average Bonchev–Trinajstić information content (AvgIpc) is 2.84. The van der Waals surface area contributed by atoms with E-state index in [2.05, 4.69) is 9.88 Å². The van der Waals surface area contributed by atoms with Gasteiger partial charge in [-0.2, -0.15) is 4.31 Å². The van der Waals surface area contributed by atoms with Gasteiger partial charge in [0, 0.05) is 56.7 Å². The molecule has 0 radical (unpaired) electrons. The van der Waals surface area contributed by atoms with Crippen LogP contribution < -0.4 is 0 Å². The standard InChI is InChI=1S/C24H30Cl2N4O5S/c1-18-11-20(25)12-22(26)24(18)36(32,33)30-9-10-34-15-21(30)16-35-17-23(31)29-7-5-28(6-8-29)14-19-3-2-4-27-13-19/h2-4,11-13,21H,5-10,14-17H2,1H3/t21-/m0/s1. The number of benzene rings is 1. The number of amides is 1. The van der Waals surface area contributed by atoms with E-state index in [0.29, 0.717) is 23.7 Å². The van der Waals surface area contributed by atoms with E-state index in [1.54, 1.807) is 24.1 Å². The molecule has 1 atom stereocenters. The molecule has 4 rings (SSSR count). The normalized spacial score (nSPS) is 20.0. The predicted molar refractivity (Wildman–Crippen MR) is 137 cm³/mol. The average molecular weight is 558 g/mol. The third-order valence-corrected chi connectivity index (χ3v) is 9.11. The van der Waals surface area contributed by atoms with Gasteiger partial charge >= 0.3 is 0 Å². The van der Waals surface area contributed by atoms with Crippen molar-refractivity contribution in [2.45, 2.75) is 24.4 Å². The summed E-state index contributed by atoms with van der Waals surface area (Å²) in [6, 6.07) is 6.38. The maximum atomic E-state index is 13.5.